The van der Waals surface area contributed by atoms with Crippen molar-refractivity contribution in [3.63, 3.8) is 0 Å². The van der Waals surface area contributed by atoms with Crippen molar-refractivity contribution >= 4 is 45.1 Å². The molecule has 0 saturated heterocycles. The summed E-state index contributed by atoms with van der Waals surface area (Å²) in [6, 6.07) is 17.6. The van der Waals surface area contributed by atoms with E-state index in [-0.39, 0.29) is 34.8 Å². The first-order valence-corrected chi connectivity index (χ1v) is 17.4. The smallest absolute Gasteiger partial charge is 0.263 e. The molecule has 0 radical (unpaired) electrons. The minimum atomic E-state index is 0. The number of thioether (sulfide) groups is 1. The molecule has 1 aliphatic heterocycles. The van der Waals surface area contributed by atoms with E-state index in [0.29, 0.717) is 0 Å². The molecule has 0 unspecified atom stereocenters. The van der Waals surface area contributed by atoms with Gasteiger partial charge in [-0.3, -0.25) is 0 Å². The summed E-state index contributed by atoms with van der Waals surface area (Å²) < 4.78 is 3.81. The summed E-state index contributed by atoms with van der Waals surface area (Å²) in [7, 11) is 0. The lowest BCUT2D eigenvalue weighted by Gasteiger charge is -2.31. The van der Waals surface area contributed by atoms with Crippen molar-refractivity contribution in [3.05, 3.63) is 117 Å². The maximum atomic E-state index is 2.45. The third-order valence-electron chi connectivity index (χ3n) is 8.62. The van der Waals surface area contributed by atoms with Gasteiger partial charge in [0.2, 0.25) is 5.52 Å². The predicted molar refractivity (Wildman–Crippen MR) is 188 cm³/mol. The number of fused-ring (bicyclic) bond motifs is 2. The normalized spacial score (nSPS) is 22.0. The molecule has 0 atom stereocenters. The van der Waals surface area contributed by atoms with E-state index in [2.05, 4.69) is 142 Å². The van der Waals surface area contributed by atoms with E-state index in [1.807, 2.05) is 23.1 Å². The Hall–Kier alpha value is -2.35. The number of nitrogens with zero attached hydrogens (tertiary/aromatic N) is 2. The Morgan fingerprint density at radius 1 is 0.818 bits per heavy atom. The molecule has 1 aromatic heterocycles. The van der Waals surface area contributed by atoms with Gasteiger partial charge in [-0.1, -0.05) is 105 Å². The highest BCUT2D eigenvalue weighted by atomic mass is 127. The highest BCUT2D eigenvalue weighted by molar-refractivity contribution is 8.03. The van der Waals surface area contributed by atoms with Crippen LogP contribution in [0.25, 0.3) is 16.3 Å². The number of benzene rings is 2. The van der Waals surface area contributed by atoms with Gasteiger partial charge in [-0.05, 0) is 96.9 Å². The van der Waals surface area contributed by atoms with Gasteiger partial charge in [0.05, 0.1) is 10.7 Å². The highest BCUT2D eigenvalue weighted by Crippen LogP contribution is 2.47. The van der Waals surface area contributed by atoms with Crippen LogP contribution in [0.3, 0.4) is 0 Å². The van der Waals surface area contributed by atoms with Crippen LogP contribution in [-0.4, -0.2) is 6.54 Å². The molecule has 44 heavy (non-hydrogen) atoms. The molecule has 0 N–H and O–H groups in total. The van der Waals surface area contributed by atoms with Gasteiger partial charge in [-0.25, -0.2) is 0 Å². The molecule has 6 rings (SSSR count). The number of hydrogen-bond donors (Lipinski definition) is 0. The molecule has 2 nitrogen and oxygen atoms in total. The summed E-state index contributed by atoms with van der Waals surface area (Å²) in [4.78, 5) is 3.81. The highest BCUT2D eigenvalue weighted by Gasteiger charge is 2.29. The van der Waals surface area contributed by atoms with Crippen molar-refractivity contribution in [2.75, 3.05) is 11.4 Å². The Kier molecular flexibility index (Phi) is 10.2. The molecule has 5 heteroatoms. The van der Waals surface area contributed by atoms with Crippen LogP contribution in [-0.2, 0) is 6.54 Å². The number of rotatable bonds is 6. The summed E-state index contributed by atoms with van der Waals surface area (Å²) in [6.45, 7) is 16.1. The number of aromatic nitrogens is 1. The Morgan fingerprint density at radius 2 is 1.50 bits per heavy atom. The standard InChI is InChI=1S/C39H45N2S2.HI/c1-7-40-32-16-9-11-18-34(32)42-36(40)22-30-20-28(24-38(3,4)26-30)14-13-15-29-21-31(27-39(5,6)25-29)23-37-41(8-2)33-17-10-12-19-35(33)43-37;/h9-23H,7-8,24-27H2,1-6H3;1H/q+1;/p-1. The Labute approximate surface area is 290 Å². The van der Waals surface area contributed by atoms with Crippen LogP contribution in [0, 0.1) is 10.8 Å². The van der Waals surface area contributed by atoms with Gasteiger partial charge in [0, 0.05) is 23.6 Å². The van der Waals surface area contributed by atoms with Crippen molar-refractivity contribution in [3.8, 4) is 0 Å². The topological polar surface area (TPSA) is 7.12 Å². The molecule has 2 aromatic carbocycles. The van der Waals surface area contributed by atoms with Gasteiger partial charge in [-0.2, -0.15) is 4.57 Å². The van der Waals surface area contributed by atoms with Crippen LogP contribution in [0.15, 0.2) is 117 Å². The van der Waals surface area contributed by atoms with Gasteiger partial charge >= 0.3 is 0 Å². The minimum Gasteiger partial charge on any atom is -1.00 e. The van der Waals surface area contributed by atoms with E-state index in [1.165, 1.54) is 53.1 Å². The molecule has 230 valence electrons. The summed E-state index contributed by atoms with van der Waals surface area (Å²) in [5.74, 6) is 0. The maximum absolute atomic E-state index is 2.45. The van der Waals surface area contributed by atoms with Crippen molar-refractivity contribution < 1.29 is 28.5 Å². The lowest BCUT2D eigenvalue weighted by Crippen LogP contribution is -3.00. The van der Waals surface area contributed by atoms with Gasteiger partial charge in [0.25, 0.3) is 5.01 Å². The summed E-state index contributed by atoms with van der Waals surface area (Å²) >= 11 is 3.81. The maximum Gasteiger partial charge on any atom is 0.263 e. The zero-order chi connectivity index (χ0) is 30.2. The van der Waals surface area contributed by atoms with Crippen LogP contribution >= 0.6 is 23.1 Å². The lowest BCUT2D eigenvalue weighted by molar-refractivity contribution is -0.665. The molecule has 0 bridgehead atoms. The van der Waals surface area contributed by atoms with Crippen LogP contribution in [0.4, 0.5) is 5.69 Å². The summed E-state index contributed by atoms with van der Waals surface area (Å²) in [6.07, 6.45) is 21.2. The molecule has 0 saturated carbocycles. The number of thiazole rings is 1. The molecule has 2 heterocycles. The largest absolute Gasteiger partial charge is 1.00 e. The summed E-state index contributed by atoms with van der Waals surface area (Å²) in [5, 5.41) is 2.69. The number of anilines is 1. The second-order valence-electron chi connectivity index (χ2n) is 13.7. The molecule has 3 aliphatic rings. The summed E-state index contributed by atoms with van der Waals surface area (Å²) in [5.41, 5.74) is 8.87. The average molecular weight is 733 g/mol. The second kappa shape index (κ2) is 13.6. The van der Waals surface area contributed by atoms with E-state index in [1.54, 1.807) is 0 Å². The molecule has 2 aliphatic carbocycles. The molecule has 0 amide bonds. The lowest BCUT2D eigenvalue weighted by atomic mass is 9.74. The Morgan fingerprint density at radius 3 is 2.27 bits per heavy atom. The van der Waals surface area contributed by atoms with Gasteiger partial charge in [0.15, 0.2) is 0 Å². The average Bonchev–Trinajstić information content (AvgIpc) is 3.47. The van der Waals surface area contributed by atoms with Crippen molar-refractivity contribution in [1.82, 2.24) is 0 Å². The van der Waals surface area contributed by atoms with Crippen molar-refractivity contribution in [2.24, 2.45) is 10.8 Å². The third-order valence-corrected chi connectivity index (χ3v) is 10.8. The fourth-order valence-corrected chi connectivity index (χ4v) is 9.41. The van der Waals surface area contributed by atoms with Gasteiger partial charge < -0.3 is 28.9 Å². The number of allylic oxidation sites excluding steroid dienone is 10. The zero-order valence-electron chi connectivity index (χ0n) is 27.0. The monoisotopic (exact) mass is 732 g/mol. The van der Waals surface area contributed by atoms with Crippen LogP contribution in [0.2, 0.25) is 0 Å². The van der Waals surface area contributed by atoms with E-state index in [9.17, 15) is 0 Å². The van der Waals surface area contributed by atoms with E-state index in [0.717, 1.165) is 38.8 Å². The predicted octanol–water partition coefficient (Wildman–Crippen LogP) is 8.05. The van der Waals surface area contributed by atoms with Gasteiger partial charge in [0.1, 0.15) is 11.2 Å². The first-order valence-electron chi connectivity index (χ1n) is 15.8. The SMILES string of the molecule is CCN1C(=CC2=CC(=CC=CC3=CC(=Cc4sc5ccccc5[n+]4CC)CC(C)(C)C3)CC(C)(C)C2)Sc2ccccc21.[I-]. The van der Waals surface area contributed by atoms with Crippen LogP contribution < -0.4 is 33.4 Å². The molecule has 0 spiro atoms. The van der Waals surface area contributed by atoms with E-state index >= 15 is 0 Å². The first-order chi connectivity index (χ1) is 20.6. The Bertz CT molecular complexity index is 1730. The van der Waals surface area contributed by atoms with Crippen molar-refractivity contribution in [2.45, 2.75) is 78.7 Å². The number of hydrogen-bond acceptors (Lipinski definition) is 3. The third kappa shape index (κ3) is 7.37. The van der Waals surface area contributed by atoms with Gasteiger partial charge in [-0.15, -0.1) is 0 Å². The van der Waals surface area contributed by atoms with Crippen LogP contribution in [0.1, 0.15) is 72.2 Å². The number of halogens is 1. The first kappa shape index (κ1) is 33.0. The fourth-order valence-electron chi connectivity index (χ4n) is 7.00. The Balaban J connectivity index is 0.00000384. The minimum absolute atomic E-state index is 0. The molecule has 0 fully saturated rings. The van der Waals surface area contributed by atoms with E-state index in [4.69, 9.17) is 0 Å². The van der Waals surface area contributed by atoms with Crippen LogP contribution in [0.5, 0.6) is 0 Å². The zero-order valence-corrected chi connectivity index (χ0v) is 30.8. The molecule has 3 aromatic rings. The molecular formula is C39H45IN2S2. The van der Waals surface area contributed by atoms with E-state index < -0.39 is 0 Å². The second-order valence-corrected chi connectivity index (χ2v) is 15.9. The quantitative estimate of drug-likeness (QED) is 0.187. The molecular weight excluding hydrogens is 687 g/mol. The number of para-hydroxylation sites is 2. The number of aryl methyl sites for hydroxylation is 1. The van der Waals surface area contributed by atoms with Crippen molar-refractivity contribution in [1.29, 1.82) is 0 Å². The fraction of sp³-hybridized carbons (Fsp3) is 0.359.